The van der Waals surface area contributed by atoms with Gasteiger partial charge in [0, 0.05) is 47.2 Å². The number of dihydropyridines is 1. The SMILES string of the molecule is COCCOC(=O)C1=C(C)NC2=C(C(=O)C[C@H](c3cccs3)C2)[C@@H]1c1cccc(F)c1. The van der Waals surface area contributed by atoms with E-state index in [1.807, 2.05) is 17.5 Å². The maximum Gasteiger partial charge on any atom is 0.336 e. The number of hydrogen-bond donors (Lipinski definition) is 1. The number of ether oxygens (including phenoxy) is 2. The van der Waals surface area contributed by atoms with E-state index in [2.05, 4.69) is 5.32 Å². The minimum absolute atomic E-state index is 0.0314. The van der Waals surface area contributed by atoms with Crippen LogP contribution in [-0.2, 0) is 19.1 Å². The molecule has 0 amide bonds. The van der Waals surface area contributed by atoms with E-state index in [-0.39, 0.29) is 24.9 Å². The molecule has 2 heterocycles. The molecule has 0 fully saturated rings. The summed E-state index contributed by atoms with van der Waals surface area (Å²) in [5.74, 6) is -1.55. The number of Topliss-reactive ketones (excluding diaryl/α,β-unsaturated/α-hetero) is 1. The lowest BCUT2D eigenvalue weighted by molar-refractivity contribution is -0.140. The van der Waals surface area contributed by atoms with Crippen molar-refractivity contribution in [2.45, 2.75) is 31.6 Å². The zero-order valence-electron chi connectivity index (χ0n) is 17.4. The minimum atomic E-state index is -0.668. The van der Waals surface area contributed by atoms with Crippen LogP contribution in [0.3, 0.4) is 0 Å². The molecule has 0 spiro atoms. The number of thiophene rings is 1. The summed E-state index contributed by atoms with van der Waals surface area (Å²) in [6.45, 7) is 2.16. The van der Waals surface area contributed by atoms with Crippen molar-refractivity contribution in [3.63, 3.8) is 0 Å². The van der Waals surface area contributed by atoms with E-state index in [1.165, 1.54) is 19.2 Å². The van der Waals surface area contributed by atoms with Crippen molar-refractivity contribution in [3.8, 4) is 0 Å². The van der Waals surface area contributed by atoms with Crippen molar-refractivity contribution < 1.29 is 23.5 Å². The fraction of sp³-hybridized carbons (Fsp3) is 0.333. The van der Waals surface area contributed by atoms with Gasteiger partial charge < -0.3 is 14.8 Å². The van der Waals surface area contributed by atoms with E-state index in [0.717, 1.165) is 10.6 Å². The van der Waals surface area contributed by atoms with Gasteiger partial charge in [-0.15, -0.1) is 11.3 Å². The number of benzene rings is 1. The molecule has 2 atom stereocenters. The molecular formula is C24H24FNO4S. The molecule has 0 saturated heterocycles. The van der Waals surface area contributed by atoms with E-state index < -0.39 is 17.7 Å². The predicted molar refractivity (Wildman–Crippen MR) is 116 cm³/mol. The number of methoxy groups -OCH3 is 1. The number of ketones is 1. The maximum atomic E-state index is 14.1. The molecule has 1 N–H and O–H groups in total. The van der Waals surface area contributed by atoms with E-state index >= 15 is 0 Å². The lowest BCUT2D eigenvalue weighted by Crippen LogP contribution is -2.36. The summed E-state index contributed by atoms with van der Waals surface area (Å²) < 4.78 is 24.4. The van der Waals surface area contributed by atoms with Gasteiger partial charge in [0.05, 0.1) is 12.2 Å². The van der Waals surface area contributed by atoms with Gasteiger partial charge in [0.1, 0.15) is 12.4 Å². The molecule has 1 aliphatic heterocycles. The third kappa shape index (κ3) is 4.34. The highest BCUT2D eigenvalue weighted by atomic mass is 32.1. The highest BCUT2D eigenvalue weighted by Gasteiger charge is 2.41. The smallest absolute Gasteiger partial charge is 0.336 e. The summed E-state index contributed by atoms with van der Waals surface area (Å²) in [4.78, 5) is 27.5. The molecule has 0 unspecified atom stereocenters. The van der Waals surface area contributed by atoms with Crippen molar-refractivity contribution in [1.82, 2.24) is 5.32 Å². The largest absolute Gasteiger partial charge is 0.460 e. The van der Waals surface area contributed by atoms with E-state index in [0.29, 0.717) is 35.2 Å². The first-order chi connectivity index (χ1) is 15.0. The van der Waals surface area contributed by atoms with Crippen molar-refractivity contribution in [1.29, 1.82) is 0 Å². The topological polar surface area (TPSA) is 64.6 Å². The van der Waals surface area contributed by atoms with Crippen LogP contribution in [0.1, 0.15) is 42.0 Å². The second-order valence-corrected chi connectivity index (χ2v) is 8.70. The average molecular weight is 442 g/mol. The number of carbonyl (C=O) groups is 2. The van der Waals surface area contributed by atoms with Gasteiger partial charge in [-0.25, -0.2) is 9.18 Å². The number of halogens is 1. The van der Waals surface area contributed by atoms with Crippen LogP contribution in [0, 0.1) is 5.82 Å². The molecule has 1 aromatic heterocycles. The normalized spacial score (nSPS) is 21.1. The van der Waals surface area contributed by atoms with Gasteiger partial charge in [-0.3, -0.25) is 4.79 Å². The van der Waals surface area contributed by atoms with Crippen LogP contribution in [0.2, 0.25) is 0 Å². The number of allylic oxidation sites excluding steroid dienone is 3. The number of esters is 1. The van der Waals surface area contributed by atoms with Crippen molar-refractivity contribution in [3.05, 3.63) is 80.6 Å². The second-order valence-electron chi connectivity index (χ2n) is 7.72. The molecule has 1 aliphatic carbocycles. The highest BCUT2D eigenvalue weighted by Crippen LogP contribution is 2.46. The Bertz CT molecular complexity index is 1060. The molecule has 7 heteroatoms. The zero-order valence-corrected chi connectivity index (χ0v) is 18.3. The lowest BCUT2D eigenvalue weighted by atomic mass is 9.72. The Hall–Kier alpha value is -2.77. The van der Waals surface area contributed by atoms with Crippen LogP contribution < -0.4 is 5.32 Å². The summed E-state index contributed by atoms with van der Waals surface area (Å²) in [6, 6.07) is 10.1. The van der Waals surface area contributed by atoms with Crippen molar-refractivity contribution >= 4 is 23.1 Å². The minimum Gasteiger partial charge on any atom is -0.460 e. The van der Waals surface area contributed by atoms with Crippen LogP contribution in [0.15, 0.2) is 64.3 Å². The third-order valence-electron chi connectivity index (χ3n) is 5.70. The lowest BCUT2D eigenvalue weighted by Gasteiger charge is -2.36. The molecule has 0 radical (unpaired) electrons. The standard InChI is InChI=1S/C24H24FNO4S/c1-14-21(24(28)30-9-8-29-2)22(15-5-3-6-17(25)11-15)23-18(26-14)12-16(13-19(23)27)20-7-4-10-31-20/h3-7,10-11,16,22,26H,8-9,12-13H2,1-2H3/t16-,22-/m1/s1. The van der Waals surface area contributed by atoms with Gasteiger partial charge in [0.15, 0.2) is 5.78 Å². The summed E-state index contributed by atoms with van der Waals surface area (Å²) in [5, 5.41) is 5.30. The Labute approximate surface area is 184 Å². The van der Waals surface area contributed by atoms with Gasteiger partial charge in [-0.2, -0.15) is 0 Å². The quantitative estimate of drug-likeness (QED) is 0.530. The Balaban J connectivity index is 1.76. The van der Waals surface area contributed by atoms with Crippen molar-refractivity contribution in [2.24, 2.45) is 0 Å². The fourth-order valence-corrected chi connectivity index (χ4v) is 5.18. The molecule has 5 nitrogen and oxygen atoms in total. The number of hydrogen-bond acceptors (Lipinski definition) is 6. The molecular weight excluding hydrogens is 417 g/mol. The first-order valence-corrected chi connectivity index (χ1v) is 11.1. The highest BCUT2D eigenvalue weighted by molar-refractivity contribution is 7.10. The maximum absolute atomic E-state index is 14.1. The summed E-state index contributed by atoms with van der Waals surface area (Å²) in [6.07, 6.45) is 1.02. The number of carbonyl (C=O) groups excluding carboxylic acids is 2. The fourth-order valence-electron chi connectivity index (χ4n) is 4.35. The van der Waals surface area contributed by atoms with Crippen molar-refractivity contribution in [2.75, 3.05) is 20.3 Å². The van der Waals surface area contributed by atoms with Crippen LogP contribution in [0.4, 0.5) is 4.39 Å². The third-order valence-corrected chi connectivity index (χ3v) is 6.73. The Morgan fingerprint density at radius 3 is 2.77 bits per heavy atom. The van der Waals surface area contributed by atoms with E-state index in [4.69, 9.17) is 9.47 Å². The Morgan fingerprint density at radius 2 is 2.06 bits per heavy atom. The first kappa shape index (κ1) is 21.5. The van der Waals surface area contributed by atoms with Gasteiger partial charge in [0.25, 0.3) is 0 Å². The summed E-state index contributed by atoms with van der Waals surface area (Å²) in [7, 11) is 1.53. The van der Waals surface area contributed by atoms with Crippen LogP contribution >= 0.6 is 11.3 Å². The van der Waals surface area contributed by atoms with Gasteiger partial charge in [-0.1, -0.05) is 18.2 Å². The first-order valence-electron chi connectivity index (χ1n) is 10.2. The number of nitrogens with one attached hydrogen (secondary N) is 1. The van der Waals surface area contributed by atoms with Crippen LogP contribution in [-0.4, -0.2) is 32.1 Å². The van der Waals surface area contributed by atoms with Crippen LogP contribution in [0.5, 0.6) is 0 Å². The molecule has 4 rings (SSSR count). The molecule has 0 saturated carbocycles. The summed E-state index contributed by atoms with van der Waals surface area (Å²) in [5.41, 5.74) is 2.85. The number of rotatable bonds is 6. The Kier molecular flexibility index (Phi) is 6.34. The Morgan fingerprint density at radius 1 is 1.23 bits per heavy atom. The molecule has 162 valence electrons. The average Bonchev–Trinajstić information content (AvgIpc) is 3.27. The molecule has 1 aromatic carbocycles. The second kappa shape index (κ2) is 9.16. The zero-order chi connectivity index (χ0) is 22.0. The molecule has 31 heavy (non-hydrogen) atoms. The predicted octanol–water partition coefficient (Wildman–Crippen LogP) is 4.44. The van der Waals surface area contributed by atoms with E-state index in [1.54, 1.807) is 30.4 Å². The van der Waals surface area contributed by atoms with Gasteiger partial charge in [0.2, 0.25) is 0 Å². The monoisotopic (exact) mass is 441 g/mol. The molecule has 0 bridgehead atoms. The molecule has 2 aromatic rings. The van der Waals surface area contributed by atoms with Crippen LogP contribution in [0.25, 0.3) is 0 Å². The summed E-state index contributed by atoms with van der Waals surface area (Å²) >= 11 is 1.64. The van der Waals surface area contributed by atoms with Gasteiger partial charge >= 0.3 is 5.97 Å². The van der Waals surface area contributed by atoms with E-state index in [9.17, 15) is 14.0 Å². The molecule has 2 aliphatic rings. The van der Waals surface area contributed by atoms with Gasteiger partial charge in [-0.05, 0) is 42.5 Å².